The lowest BCUT2D eigenvalue weighted by Crippen LogP contribution is -2.28. The first-order valence-electron chi connectivity index (χ1n) is 6.07. The molecule has 5 heteroatoms. The number of halogens is 1. The van der Waals surface area contributed by atoms with E-state index in [9.17, 15) is 0 Å². The third kappa shape index (κ3) is 2.33. The molecule has 1 aromatic heterocycles. The first-order chi connectivity index (χ1) is 7.95. The van der Waals surface area contributed by atoms with Crippen LogP contribution >= 0.6 is 11.6 Å². The Hall–Kier alpha value is -0.610. The van der Waals surface area contributed by atoms with Gasteiger partial charge >= 0.3 is 0 Å². The number of ether oxygens (including phenoxy) is 1. The molecule has 96 valence electrons. The highest BCUT2D eigenvalue weighted by molar-refractivity contribution is 6.16. The fourth-order valence-electron chi connectivity index (χ4n) is 2.36. The van der Waals surface area contributed by atoms with Gasteiger partial charge in [-0.2, -0.15) is 0 Å². The van der Waals surface area contributed by atoms with Gasteiger partial charge in [0, 0.05) is 12.1 Å². The summed E-state index contributed by atoms with van der Waals surface area (Å²) in [5, 5.41) is 8.47. The van der Waals surface area contributed by atoms with Crippen molar-refractivity contribution in [2.75, 3.05) is 6.61 Å². The summed E-state index contributed by atoms with van der Waals surface area (Å²) in [5.41, 5.74) is -0.0747. The molecule has 2 atom stereocenters. The van der Waals surface area contributed by atoms with Gasteiger partial charge in [0.1, 0.15) is 11.9 Å². The van der Waals surface area contributed by atoms with E-state index in [1.807, 2.05) is 0 Å². The van der Waals surface area contributed by atoms with Crippen molar-refractivity contribution in [2.24, 2.45) is 5.92 Å². The first-order valence-corrected chi connectivity index (χ1v) is 6.61. The van der Waals surface area contributed by atoms with E-state index in [4.69, 9.17) is 16.3 Å². The van der Waals surface area contributed by atoms with Crippen LogP contribution in [-0.4, -0.2) is 21.4 Å². The molecule has 0 aliphatic carbocycles. The molecule has 2 rings (SSSR count). The Morgan fingerprint density at radius 3 is 2.59 bits per heavy atom. The molecule has 2 heterocycles. The van der Waals surface area contributed by atoms with Crippen molar-refractivity contribution in [1.29, 1.82) is 0 Å². The minimum atomic E-state index is -0.0747. The van der Waals surface area contributed by atoms with Crippen LogP contribution in [0, 0.1) is 5.92 Å². The normalized spacial score (nSPS) is 25.5. The molecule has 0 spiro atoms. The van der Waals surface area contributed by atoms with Gasteiger partial charge in [0.25, 0.3) is 0 Å². The molecule has 0 saturated carbocycles. The van der Waals surface area contributed by atoms with E-state index in [2.05, 4.69) is 42.5 Å². The second-order valence-electron chi connectivity index (χ2n) is 5.67. The minimum Gasteiger partial charge on any atom is -0.370 e. The summed E-state index contributed by atoms with van der Waals surface area (Å²) in [6.45, 7) is 9.40. The van der Waals surface area contributed by atoms with E-state index < -0.39 is 0 Å². The van der Waals surface area contributed by atoms with Gasteiger partial charge < -0.3 is 9.30 Å². The van der Waals surface area contributed by atoms with Gasteiger partial charge in [-0.3, -0.25) is 0 Å². The summed E-state index contributed by atoms with van der Waals surface area (Å²) in [5.74, 6) is 2.60. The molecule has 1 aliphatic heterocycles. The zero-order valence-electron chi connectivity index (χ0n) is 10.9. The Kier molecular flexibility index (Phi) is 3.46. The Balaban J connectivity index is 2.44. The summed E-state index contributed by atoms with van der Waals surface area (Å²) >= 11 is 5.93. The number of rotatable bonds is 2. The molecule has 17 heavy (non-hydrogen) atoms. The molecule has 0 bridgehead atoms. The highest BCUT2D eigenvalue weighted by Gasteiger charge is 2.34. The first kappa shape index (κ1) is 12.8. The van der Waals surface area contributed by atoms with Crippen LogP contribution in [0.5, 0.6) is 0 Å². The Bertz CT molecular complexity index is 397. The van der Waals surface area contributed by atoms with Crippen molar-refractivity contribution in [3.63, 3.8) is 0 Å². The second-order valence-corrected chi connectivity index (χ2v) is 5.94. The Labute approximate surface area is 107 Å². The van der Waals surface area contributed by atoms with Crippen molar-refractivity contribution in [3.8, 4) is 0 Å². The van der Waals surface area contributed by atoms with Gasteiger partial charge in [0.15, 0.2) is 5.82 Å². The molecule has 1 aliphatic rings. The largest absolute Gasteiger partial charge is 0.370 e. The Morgan fingerprint density at radius 2 is 2.12 bits per heavy atom. The van der Waals surface area contributed by atoms with Crippen LogP contribution in [0.15, 0.2) is 0 Å². The lowest BCUT2D eigenvalue weighted by Gasteiger charge is -2.27. The standard InChI is InChI=1S/C12H20ClN3O/c1-8-5-6-17-10(8)11-15-14-9(7-13)16(11)12(2,3)4/h8,10H,5-7H2,1-4H3. The summed E-state index contributed by atoms with van der Waals surface area (Å²) < 4.78 is 7.90. The van der Waals surface area contributed by atoms with Crippen molar-refractivity contribution in [1.82, 2.24) is 14.8 Å². The van der Waals surface area contributed by atoms with Gasteiger partial charge in [-0.1, -0.05) is 6.92 Å². The van der Waals surface area contributed by atoms with Crippen LogP contribution in [0.4, 0.5) is 0 Å². The second kappa shape index (κ2) is 4.58. The van der Waals surface area contributed by atoms with Crippen molar-refractivity contribution < 1.29 is 4.74 Å². The van der Waals surface area contributed by atoms with E-state index in [-0.39, 0.29) is 11.6 Å². The smallest absolute Gasteiger partial charge is 0.163 e. The van der Waals surface area contributed by atoms with Crippen LogP contribution in [0.3, 0.4) is 0 Å². The van der Waals surface area contributed by atoms with Gasteiger partial charge in [-0.25, -0.2) is 0 Å². The van der Waals surface area contributed by atoms with Crippen molar-refractivity contribution in [3.05, 3.63) is 11.6 Å². The van der Waals surface area contributed by atoms with E-state index in [1.54, 1.807) is 0 Å². The molecule has 4 nitrogen and oxygen atoms in total. The fourth-order valence-corrected chi connectivity index (χ4v) is 2.53. The molecule has 2 unspecified atom stereocenters. The lowest BCUT2D eigenvalue weighted by molar-refractivity contribution is 0.0799. The predicted octanol–water partition coefficient (Wildman–Crippen LogP) is 2.87. The molecule has 1 saturated heterocycles. The lowest BCUT2D eigenvalue weighted by atomic mass is 10.0. The quantitative estimate of drug-likeness (QED) is 0.765. The molecule has 1 aromatic rings. The summed E-state index contributed by atoms with van der Waals surface area (Å²) in [4.78, 5) is 0. The zero-order valence-corrected chi connectivity index (χ0v) is 11.7. The van der Waals surface area contributed by atoms with Crippen LogP contribution in [-0.2, 0) is 16.2 Å². The van der Waals surface area contributed by atoms with E-state index in [1.165, 1.54) is 0 Å². The van der Waals surface area contributed by atoms with Crippen LogP contribution in [0.2, 0.25) is 0 Å². The van der Waals surface area contributed by atoms with Crippen molar-refractivity contribution >= 4 is 11.6 Å². The maximum absolute atomic E-state index is 5.93. The predicted molar refractivity (Wildman–Crippen MR) is 67.0 cm³/mol. The number of nitrogens with zero attached hydrogens (tertiary/aromatic N) is 3. The molecule has 1 fully saturated rings. The fraction of sp³-hybridized carbons (Fsp3) is 0.833. The van der Waals surface area contributed by atoms with Crippen molar-refractivity contribution in [2.45, 2.75) is 51.6 Å². The monoisotopic (exact) mass is 257 g/mol. The maximum atomic E-state index is 5.93. The van der Waals surface area contributed by atoms with E-state index in [0.717, 1.165) is 24.7 Å². The molecular weight excluding hydrogens is 238 g/mol. The maximum Gasteiger partial charge on any atom is 0.163 e. The van der Waals surface area contributed by atoms with Crippen LogP contribution < -0.4 is 0 Å². The summed E-state index contributed by atoms with van der Waals surface area (Å²) in [6, 6.07) is 0. The highest BCUT2D eigenvalue weighted by Crippen LogP contribution is 2.35. The average Bonchev–Trinajstić information content (AvgIpc) is 2.81. The number of hydrogen-bond acceptors (Lipinski definition) is 3. The Morgan fingerprint density at radius 1 is 1.41 bits per heavy atom. The molecule has 0 radical (unpaired) electrons. The summed E-state index contributed by atoms with van der Waals surface area (Å²) in [6.07, 6.45) is 1.14. The minimum absolute atomic E-state index is 0.0543. The third-order valence-corrected chi connectivity index (χ3v) is 3.43. The average molecular weight is 258 g/mol. The molecule has 0 aromatic carbocycles. The topological polar surface area (TPSA) is 39.9 Å². The van der Waals surface area contributed by atoms with E-state index in [0.29, 0.717) is 11.8 Å². The van der Waals surface area contributed by atoms with Gasteiger partial charge in [-0.05, 0) is 33.1 Å². The SMILES string of the molecule is CC1CCOC1c1nnc(CCl)n1C(C)(C)C. The summed E-state index contributed by atoms with van der Waals surface area (Å²) in [7, 11) is 0. The van der Waals surface area contributed by atoms with Gasteiger partial charge in [-0.15, -0.1) is 21.8 Å². The molecule has 0 amide bonds. The molecular formula is C12H20ClN3O. The molecule has 0 N–H and O–H groups in total. The zero-order chi connectivity index (χ0) is 12.6. The van der Waals surface area contributed by atoms with E-state index >= 15 is 0 Å². The number of alkyl halides is 1. The highest BCUT2D eigenvalue weighted by atomic mass is 35.5. The number of aromatic nitrogens is 3. The number of hydrogen-bond donors (Lipinski definition) is 0. The van der Waals surface area contributed by atoms with Crippen LogP contribution in [0.25, 0.3) is 0 Å². The third-order valence-electron chi connectivity index (χ3n) is 3.19. The van der Waals surface area contributed by atoms with Gasteiger partial charge in [0.05, 0.1) is 5.88 Å². The van der Waals surface area contributed by atoms with Gasteiger partial charge in [0.2, 0.25) is 0 Å². The van der Waals surface area contributed by atoms with Crippen LogP contribution in [0.1, 0.15) is 51.9 Å².